The number of hydrogen-bond acceptors (Lipinski definition) is 6. The maximum atomic E-state index is 13.8. The fourth-order valence-corrected chi connectivity index (χ4v) is 4.88. The van der Waals surface area contributed by atoms with Crippen molar-refractivity contribution in [2.45, 2.75) is 57.8 Å². The zero-order valence-electron chi connectivity index (χ0n) is 18.5. The molecule has 0 fully saturated rings. The molecule has 0 saturated carbocycles. The number of methoxy groups -OCH3 is 2. The SMILES string of the molecule is CC[C@H](CC[C@]1(C)Cc2ccc(OC(F)F)cc2C12N=C(N)N(CCOC)C2=O)OC. The molecule has 3 atom stereocenters. The summed E-state index contributed by atoms with van der Waals surface area (Å²) in [5.41, 5.74) is 5.75. The smallest absolute Gasteiger partial charge is 0.387 e. The monoisotopic (exact) mass is 439 g/mol. The van der Waals surface area contributed by atoms with Crippen molar-refractivity contribution in [3.8, 4) is 5.75 Å². The van der Waals surface area contributed by atoms with Gasteiger partial charge in [-0.05, 0) is 48.9 Å². The third kappa shape index (κ3) is 4.01. The van der Waals surface area contributed by atoms with Gasteiger partial charge in [-0.2, -0.15) is 8.78 Å². The second-order valence-corrected chi connectivity index (χ2v) is 8.37. The van der Waals surface area contributed by atoms with Crippen LogP contribution in [0, 0.1) is 5.41 Å². The maximum Gasteiger partial charge on any atom is 0.387 e. The Bertz CT molecular complexity index is 846. The molecule has 1 heterocycles. The minimum Gasteiger partial charge on any atom is -0.435 e. The summed E-state index contributed by atoms with van der Waals surface area (Å²) >= 11 is 0. The van der Waals surface area contributed by atoms with Crippen LogP contribution in [0.3, 0.4) is 0 Å². The van der Waals surface area contributed by atoms with Gasteiger partial charge in [-0.1, -0.05) is 19.9 Å². The average Bonchev–Trinajstić information content (AvgIpc) is 3.12. The number of halogens is 2. The van der Waals surface area contributed by atoms with E-state index in [0.717, 1.165) is 18.4 Å². The molecule has 0 saturated heterocycles. The van der Waals surface area contributed by atoms with E-state index in [9.17, 15) is 13.6 Å². The van der Waals surface area contributed by atoms with Crippen LogP contribution in [0.25, 0.3) is 0 Å². The molecule has 0 radical (unpaired) electrons. The lowest BCUT2D eigenvalue weighted by Crippen LogP contribution is -2.50. The van der Waals surface area contributed by atoms with Crippen LogP contribution in [-0.2, 0) is 26.2 Å². The van der Waals surface area contributed by atoms with Crippen molar-refractivity contribution in [1.29, 1.82) is 0 Å². The van der Waals surface area contributed by atoms with E-state index in [4.69, 9.17) is 20.2 Å². The number of rotatable bonds is 10. The standard InChI is InChI=1S/C22H31F2N3O4/c1-5-15(30-4)8-9-21(2)13-14-6-7-16(31-19(23)24)12-17(14)22(21)18(28)27(10-11-29-3)20(25)26-22/h6-7,12,15,19H,5,8-11,13H2,1-4H3,(H2,25,26)/t15-,21-,22?/m1/s1. The normalized spacial score (nSPS) is 26.0. The summed E-state index contributed by atoms with van der Waals surface area (Å²) in [4.78, 5) is 19.9. The summed E-state index contributed by atoms with van der Waals surface area (Å²) < 4.78 is 41.0. The summed E-state index contributed by atoms with van der Waals surface area (Å²) in [5.74, 6) is -0.152. The Morgan fingerprint density at radius 2 is 2.06 bits per heavy atom. The Kier molecular flexibility index (Phi) is 6.85. The van der Waals surface area contributed by atoms with Gasteiger partial charge in [0.1, 0.15) is 5.75 Å². The number of benzene rings is 1. The largest absolute Gasteiger partial charge is 0.435 e. The Morgan fingerprint density at radius 3 is 2.68 bits per heavy atom. The lowest BCUT2D eigenvalue weighted by atomic mass is 9.68. The Balaban J connectivity index is 2.07. The highest BCUT2D eigenvalue weighted by atomic mass is 19.3. The molecule has 2 N–H and O–H groups in total. The van der Waals surface area contributed by atoms with Gasteiger partial charge in [0.05, 0.1) is 19.3 Å². The van der Waals surface area contributed by atoms with Crippen LogP contribution in [0.1, 0.15) is 44.2 Å². The number of amides is 1. The maximum absolute atomic E-state index is 13.8. The molecular weight excluding hydrogens is 408 g/mol. The molecule has 7 nitrogen and oxygen atoms in total. The number of ether oxygens (including phenoxy) is 3. The predicted octanol–water partition coefficient (Wildman–Crippen LogP) is 3.05. The molecule has 2 aliphatic rings. The molecule has 1 aliphatic carbocycles. The minimum absolute atomic E-state index is 0.00221. The predicted molar refractivity (Wildman–Crippen MR) is 112 cm³/mol. The van der Waals surface area contributed by atoms with Crippen LogP contribution in [0.15, 0.2) is 23.2 Å². The summed E-state index contributed by atoms with van der Waals surface area (Å²) in [5, 5.41) is 0. The molecule has 3 rings (SSSR count). The van der Waals surface area contributed by atoms with Crippen LogP contribution in [0.2, 0.25) is 0 Å². The van der Waals surface area contributed by atoms with E-state index in [1.165, 1.54) is 17.0 Å². The van der Waals surface area contributed by atoms with Gasteiger partial charge in [0.15, 0.2) is 11.5 Å². The number of carbonyl (C=O) groups excluding carboxylic acids is 1. The highest BCUT2D eigenvalue weighted by molar-refractivity contribution is 6.08. The van der Waals surface area contributed by atoms with E-state index < -0.39 is 17.6 Å². The van der Waals surface area contributed by atoms with E-state index in [1.807, 2.05) is 13.8 Å². The molecule has 1 spiro atoms. The summed E-state index contributed by atoms with van der Waals surface area (Å²) in [6, 6.07) is 4.75. The van der Waals surface area contributed by atoms with Crippen LogP contribution in [0.4, 0.5) is 8.78 Å². The first kappa shape index (κ1) is 23.4. The molecule has 0 aromatic heterocycles. The molecule has 172 valence electrons. The topological polar surface area (TPSA) is 86.4 Å². The van der Waals surface area contributed by atoms with Crippen molar-refractivity contribution < 1.29 is 27.8 Å². The van der Waals surface area contributed by atoms with Crippen LogP contribution < -0.4 is 10.5 Å². The van der Waals surface area contributed by atoms with Gasteiger partial charge in [-0.25, -0.2) is 4.99 Å². The van der Waals surface area contributed by atoms with Crippen LogP contribution >= 0.6 is 0 Å². The van der Waals surface area contributed by atoms with E-state index in [-0.39, 0.29) is 30.3 Å². The molecule has 9 heteroatoms. The number of alkyl halides is 2. The molecule has 1 amide bonds. The van der Waals surface area contributed by atoms with Crippen molar-refractivity contribution >= 4 is 11.9 Å². The Morgan fingerprint density at radius 1 is 1.32 bits per heavy atom. The van der Waals surface area contributed by atoms with E-state index in [1.54, 1.807) is 20.3 Å². The summed E-state index contributed by atoms with van der Waals surface area (Å²) in [7, 11) is 3.22. The van der Waals surface area contributed by atoms with Gasteiger partial charge in [-0.15, -0.1) is 0 Å². The van der Waals surface area contributed by atoms with Gasteiger partial charge in [0, 0.05) is 19.6 Å². The van der Waals surface area contributed by atoms with E-state index in [0.29, 0.717) is 25.0 Å². The first-order valence-corrected chi connectivity index (χ1v) is 10.5. The summed E-state index contributed by atoms with van der Waals surface area (Å²) in [6.07, 6.45) is 2.86. The van der Waals surface area contributed by atoms with Crippen molar-refractivity contribution in [3.05, 3.63) is 29.3 Å². The van der Waals surface area contributed by atoms with E-state index >= 15 is 0 Å². The van der Waals surface area contributed by atoms with Crippen molar-refractivity contribution in [3.63, 3.8) is 0 Å². The lowest BCUT2D eigenvalue weighted by Gasteiger charge is -2.38. The second-order valence-electron chi connectivity index (χ2n) is 8.37. The van der Waals surface area contributed by atoms with E-state index in [2.05, 4.69) is 4.74 Å². The quantitative estimate of drug-likeness (QED) is 0.606. The van der Waals surface area contributed by atoms with Crippen LogP contribution in [0.5, 0.6) is 5.75 Å². The molecule has 1 unspecified atom stereocenters. The van der Waals surface area contributed by atoms with Crippen molar-refractivity contribution in [2.75, 3.05) is 27.4 Å². The third-order valence-electron chi connectivity index (χ3n) is 6.59. The highest BCUT2D eigenvalue weighted by Crippen LogP contribution is 2.58. The zero-order chi connectivity index (χ0) is 22.8. The number of fused-ring (bicyclic) bond motifs is 2. The molecule has 1 aromatic rings. The first-order chi connectivity index (χ1) is 14.7. The van der Waals surface area contributed by atoms with Crippen molar-refractivity contribution in [2.24, 2.45) is 16.1 Å². The second kappa shape index (κ2) is 9.08. The first-order valence-electron chi connectivity index (χ1n) is 10.5. The third-order valence-corrected chi connectivity index (χ3v) is 6.59. The van der Waals surface area contributed by atoms with Crippen molar-refractivity contribution in [1.82, 2.24) is 4.90 Å². The molecule has 0 bridgehead atoms. The molecule has 1 aromatic carbocycles. The lowest BCUT2D eigenvalue weighted by molar-refractivity contribution is -0.136. The number of carbonyl (C=O) groups is 1. The highest BCUT2D eigenvalue weighted by Gasteiger charge is 2.64. The fourth-order valence-electron chi connectivity index (χ4n) is 4.88. The molecule has 1 aliphatic heterocycles. The Labute approximate surface area is 181 Å². The van der Waals surface area contributed by atoms with Gasteiger partial charge in [-0.3, -0.25) is 9.69 Å². The van der Waals surface area contributed by atoms with Gasteiger partial charge < -0.3 is 19.9 Å². The van der Waals surface area contributed by atoms with Crippen LogP contribution in [-0.4, -0.2) is 56.9 Å². The average molecular weight is 440 g/mol. The number of hydrogen-bond donors (Lipinski definition) is 1. The van der Waals surface area contributed by atoms with Gasteiger partial charge in [0.2, 0.25) is 0 Å². The summed E-state index contributed by atoms with van der Waals surface area (Å²) in [6.45, 7) is 1.67. The number of nitrogens with zero attached hydrogens (tertiary/aromatic N) is 2. The fraction of sp³-hybridized carbons (Fsp3) is 0.636. The number of aliphatic imine (C=N–C) groups is 1. The number of guanidine groups is 1. The zero-order valence-corrected chi connectivity index (χ0v) is 18.5. The Hall–Kier alpha value is -2.26. The van der Waals surface area contributed by atoms with Gasteiger partial charge in [0.25, 0.3) is 5.91 Å². The number of nitrogens with two attached hydrogens (primary N) is 1. The molecular formula is C22H31F2N3O4. The van der Waals surface area contributed by atoms with Gasteiger partial charge >= 0.3 is 6.61 Å². The molecule has 31 heavy (non-hydrogen) atoms. The minimum atomic E-state index is -2.96.